The van der Waals surface area contributed by atoms with E-state index in [2.05, 4.69) is 0 Å². The van der Waals surface area contributed by atoms with E-state index in [-0.39, 0.29) is 0 Å². The van der Waals surface area contributed by atoms with E-state index in [9.17, 15) is 4.79 Å². The Morgan fingerprint density at radius 1 is 1.62 bits per heavy atom. The summed E-state index contributed by atoms with van der Waals surface area (Å²) >= 11 is 0. The van der Waals surface area contributed by atoms with E-state index in [1.54, 1.807) is 19.9 Å². The van der Waals surface area contributed by atoms with Gasteiger partial charge in [0.05, 0.1) is 0 Å². The largest absolute Gasteiger partial charge is 0.480 e. The van der Waals surface area contributed by atoms with E-state index < -0.39 is 11.5 Å². The van der Waals surface area contributed by atoms with Crippen molar-refractivity contribution in [2.45, 2.75) is 26.3 Å². The molecule has 13 heavy (non-hydrogen) atoms. The molecule has 0 aliphatic heterocycles. The highest BCUT2D eigenvalue weighted by Crippen LogP contribution is 2.24. The normalized spacial score (nSPS) is 15.4. The molecule has 0 aliphatic carbocycles. The van der Waals surface area contributed by atoms with Crippen LogP contribution in [0.2, 0.25) is 0 Å². The summed E-state index contributed by atoms with van der Waals surface area (Å²) in [6, 6.07) is 1.66. The molecule has 0 radical (unpaired) electrons. The number of hydrogen-bond donors (Lipinski definition) is 2. The maximum absolute atomic E-state index is 10.8. The van der Waals surface area contributed by atoms with Gasteiger partial charge in [0.15, 0.2) is 0 Å². The summed E-state index contributed by atoms with van der Waals surface area (Å²) in [5.41, 5.74) is 4.79. The maximum atomic E-state index is 10.8. The molecule has 4 heteroatoms. The standard InChI is InChI=1S/C9H13NO3/c1-5-4-7(6(2)13-5)9(3,10)8(11)12/h4H,10H2,1-3H3,(H,11,12)/t9-/m1/s1. The Balaban J connectivity index is 3.21. The quantitative estimate of drug-likeness (QED) is 0.721. The molecule has 0 amide bonds. The highest BCUT2D eigenvalue weighted by atomic mass is 16.4. The SMILES string of the molecule is Cc1cc([C@@](C)(N)C(=O)O)c(C)o1. The van der Waals surface area contributed by atoms with E-state index in [1.165, 1.54) is 6.92 Å². The first-order valence-electron chi connectivity index (χ1n) is 3.95. The van der Waals surface area contributed by atoms with Crippen molar-refractivity contribution in [1.29, 1.82) is 0 Å². The summed E-state index contributed by atoms with van der Waals surface area (Å²) in [6.07, 6.45) is 0. The Labute approximate surface area is 76.3 Å². The van der Waals surface area contributed by atoms with Crippen LogP contribution in [0.25, 0.3) is 0 Å². The summed E-state index contributed by atoms with van der Waals surface area (Å²) in [5.74, 6) is 0.173. The van der Waals surface area contributed by atoms with Gasteiger partial charge >= 0.3 is 5.97 Å². The van der Waals surface area contributed by atoms with E-state index in [1.807, 2.05) is 0 Å². The Morgan fingerprint density at radius 3 is 2.46 bits per heavy atom. The molecule has 1 heterocycles. The lowest BCUT2D eigenvalue weighted by Crippen LogP contribution is -2.41. The van der Waals surface area contributed by atoms with Gasteiger partial charge in [0.25, 0.3) is 0 Å². The maximum Gasteiger partial charge on any atom is 0.328 e. The van der Waals surface area contributed by atoms with Crippen LogP contribution in [-0.2, 0) is 10.3 Å². The summed E-state index contributed by atoms with van der Waals surface area (Å²) in [5, 5.41) is 8.86. The number of nitrogens with two attached hydrogens (primary N) is 1. The Hall–Kier alpha value is -1.29. The fraction of sp³-hybridized carbons (Fsp3) is 0.444. The van der Waals surface area contributed by atoms with Crippen LogP contribution in [0.5, 0.6) is 0 Å². The highest BCUT2D eigenvalue weighted by molar-refractivity contribution is 5.80. The third-order valence-electron chi connectivity index (χ3n) is 2.04. The van der Waals surface area contributed by atoms with Crippen molar-refractivity contribution >= 4 is 5.97 Å². The van der Waals surface area contributed by atoms with Crippen molar-refractivity contribution in [2.24, 2.45) is 5.73 Å². The molecule has 3 N–H and O–H groups in total. The molecule has 0 saturated heterocycles. The zero-order valence-corrected chi connectivity index (χ0v) is 7.92. The summed E-state index contributed by atoms with van der Waals surface area (Å²) < 4.78 is 5.21. The number of rotatable bonds is 2. The molecule has 1 atom stereocenters. The summed E-state index contributed by atoms with van der Waals surface area (Å²) in [7, 11) is 0. The third-order valence-corrected chi connectivity index (χ3v) is 2.04. The van der Waals surface area contributed by atoms with E-state index in [4.69, 9.17) is 15.3 Å². The van der Waals surface area contributed by atoms with Gasteiger partial charge in [0.1, 0.15) is 17.1 Å². The van der Waals surface area contributed by atoms with E-state index in [0.29, 0.717) is 17.1 Å². The van der Waals surface area contributed by atoms with Crippen molar-refractivity contribution < 1.29 is 14.3 Å². The first-order valence-corrected chi connectivity index (χ1v) is 3.95. The molecule has 1 rings (SSSR count). The molecule has 1 aromatic heterocycles. The van der Waals surface area contributed by atoms with E-state index >= 15 is 0 Å². The number of aryl methyl sites for hydroxylation is 2. The number of carboxylic acid groups (broad SMARTS) is 1. The van der Waals surface area contributed by atoms with Crippen LogP contribution < -0.4 is 5.73 Å². The third kappa shape index (κ3) is 1.58. The van der Waals surface area contributed by atoms with Gasteiger partial charge in [-0.2, -0.15) is 0 Å². The van der Waals surface area contributed by atoms with Gasteiger partial charge in [-0.3, -0.25) is 0 Å². The van der Waals surface area contributed by atoms with Gasteiger partial charge in [-0.25, -0.2) is 4.79 Å². The average molecular weight is 183 g/mol. The Bertz CT molecular complexity index is 339. The molecule has 4 nitrogen and oxygen atoms in total. The predicted octanol–water partition coefficient (Wildman–Crippen LogP) is 1.15. The van der Waals surface area contributed by atoms with Gasteiger partial charge < -0.3 is 15.3 Å². The summed E-state index contributed by atoms with van der Waals surface area (Å²) in [4.78, 5) is 10.8. The molecular weight excluding hydrogens is 170 g/mol. The minimum absolute atomic E-state index is 0.525. The van der Waals surface area contributed by atoms with Crippen molar-refractivity contribution in [3.63, 3.8) is 0 Å². The van der Waals surface area contributed by atoms with E-state index in [0.717, 1.165) is 0 Å². The average Bonchev–Trinajstić information content (AvgIpc) is 2.30. The van der Waals surface area contributed by atoms with Crippen LogP contribution in [0.1, 0.15) is 24.0 Å². The lowest BCUT2D eigenvalue weighted by atomic mass is 9.94. The smallest absolute Gasteiger partial charge is 0.328 e. The molecule has 0 fully saturated rings. The Morgan fingerprint density at radius 2 is 2.15 bits per heavy atom. The minimum atomic E-state index is -1.37. The first-order chi connectivity index (χ1) is 5.85. The second kappa shape index (κ2) is 2.88. The number of aliphatic carboxylic acids is 1. The predicted molar refractivity (Wildman–Crippen MR) is 47.4 cm³/mol. The number of furan rings is 1. The second-order valence-electron chi connectivity index (χ2n) is 3.33. The topological polar surface area (TPSA) is 76.5 Å². The van der Waals surface area contributed by atoms with Crippen LogP contribution in [0.15, 0.2) is 10.5 Å². The Kier molecular flexibility index (Phi) is 2.17. The molecule has 0 aromatic carbocycles. The zero-order valence-electron chi connectivity index (χ0n) is 7.92. The van der Waals surface area contributed by atoms with Crippen LogP contribution >= 0.6 is 0 Å². The molecule has 72 valence electrons. The van der Waals surface area contributed by atoms with Gasteiger partial charge in [-0.05, 0) is 26.8 Å². The van der Waals surface area contributed by atoms with Crippen molar-refractivity contribution in [1.82, 2.24) is 0 Å². The molecule has 0 unspecified atom stereocenters. The molecule has 0 saturated carbocycles. The van der Waals surface area contributed by atoms with Gasteiger partial charge in [0, 0.05) is 5.56 Å². The first kappa shape index (κ1) is 9.80. The van der Waals surface area contributed by atoms with Gasteiger partial charge in [0.2, 0.25) is 0 Å². The molecule has 1 aromatic rings. The summed E-state index contributed by atoms with van der Waals surface area (Å²) in [6.45, 7) is 4.91. The fourth-order valence-electron chi connectivity index (χ4n) is 1.26. The lowest BCUT2D eigenvalue weighted by Gasteiger charge is -2.17. The molecule has 0 bridgehead atoms. The van der Waals surface area contributed by atoms with Crippen LogP contribution in [-0.4, -0.2) is 11.1 Å². The van der Waals surface area contributed by atoms with Crippen molar-refractivity contribution in [3.8, 4) is 0 Å². The molecule has 0 aliphatic rings. The molecule has 0 spiro atoms. The second-order valence-corrected chi connectivity index (χ2v) is 3.33. The zero-order chi connectivity index (χ0) is 10.2. The molecular formula is C9H13NO3. The number of carbonyl (C=O) groups is 1. The fourth-order valence-corrected chi connectivity index (χ4v) is 1.26. The monoisotopic (exact) mass is 183 g/mol. The van der Waals surface area contributed by atoms with Gasteiger partial charge in [-0.15, -0.1) is 0 Å². The van der Waals surface area contributed by atoms with Crippen molar-refractivity contribution in [2.75, 3.05) is 0 Å². The highest BCUT2D eigenvalue weighted by Gasteiger charge is 2.33. The lowest BCUT2D eigenvalue weighted by molar-refractivity contribution is -0.143. The van der Waals surface area contributed by atoms with Crippen LogP contribution in [0.4, 0.5) is 0 Å². The number of carboxylic acids is 1. The van der Waals surface area contributed by atoms with Crippen LogP contribution in [0.3, 0.4) is 0 Å². The van der Waals surface area contributed by atoms with Gasteiger partial charge in [-0.1, -0.05) is 0 Å². The number of hydrogen-bond acceptors (Lipinski definition) is 3. The minimum Gasteiger partial charge on any atom is -0.480 e. The van der Waals surface area contributed by atoms with Crippen molar-refractivity contribution in [3.05, 3.63) is 23.2 Å². The van der Waals surface area contributed by atoms with Crippen LogP contribution in [0, 0.1) is 13.8 Å².